The Morgan fingerprint density at radius 3 is 2.55 bits per heavy atom. The van der Waals surface area contributed by atoms with Crippen LogP contribution in [0.4, 0.5) is 0 Å². The second kappa shape index (κ2) is 14.1. The van der Waals surface area contributed by atoms with Crippen LogP contribution >= 0.6 is 22.9 Å². The van der Waals surface area contributed by atoms with Gasteiger partial charge in [-0.25, -0.2) is 0 Å². The van der Waals surface area contributed by atoms with E-state index in [2.05, 4.69) is 30.6 Å². The minimum absolute atomic E-state index is 0.0800. The van der Waals surface area contributed by atoms with E-state index in [0.29, 0.717) is 55.3 Å². The zero-order valence-corrected chi connectivity index (χ0v) is 30.4. The van der Waals surface area contributed by atoms with E-state index in [4.69, 9.17) is 21.3 Å². The SMILES string of the molecule is C=C1CCC(N2C(=O)c3cccc(OCCCCCC(=O)C[C@@H]4N=C(c5ccc(Cl)cc5)c5c(sc(C)c5C)-n5c(C)nnc54)c3C2=O)C(=O)C1. The smallest absolute Gasteiger partial charge is 0.266 e. The number of hydrogen-bond acceptors (Lipinski definition) is 9. The van der Waals surface area contributed by atoms with Crippen molar-refractivity contribution >= 4 is 52.0 Å². The highest BCUT2D eigenvalue weighted by Crippen LogP contribution is 2.40. The molecule has 1 unspecified atom stereocenters. The summed E-state index contributed by atoms with van der Waals surface area (Å²) in [5.74, 6) is 0.695. The lowest BCUT2D eigenvalue weighted by molar-refractivity contribution is -0.123. The summed E-state index contributed by atoms with van der Waals surface area (Å²) < 4.78 is 8.05. The van der Waals surface area contributed by atoms with Gasteiger partial charge in [0.1, 0.15) is 28.4 Å². The van der Waals surface area contributed by atoms with Gasteiger partial charge in [-0.05, 0) is 82.7 Å². The Bertz CT molecular complexity index is 2130. The van der Waals surface area contributed by atoms with E-state index >= 15 is 0 Å². The van der Waals surface area contributed by atoms with Crippen molar-refractivity contribution in [3.05, 3.63) is 104 Å². The lowest BCUT2D eigenvalue weighted by Crippen LogP contribution is -2.46. The molecule has 12 heteroatoms. The normalized spacial score (nSPS) is 18.4. The molecule has 4 heterocycles. The minimum Gasteiger partial charge on any atom is -0.493 e. The van der Waals surface area contributed by atoms with Gasteiger partial charge < -0.3 is 4.74 Å². The molecule has 0 spiro atoms. The molecule has 2 aromatic carbocycles. The topological polar surface area (TPSA) is 124 Å². The number of aryl methyl sites for hydroxylation is 2. The molecule has 7 rings (SSSR count). The van der Waals surface area contributed by atoms with Crippen molar-refractivity contribution < 1.29 is 23.9 Å². The maximum atomic E-state index is 13.4. The molecule has 2 amide bonds. The van der Waals surface area contributed by atoms with Crippen molar-refractivity contribution in [3.8, 4) is 10.8 Å². The zero-order chi connectivity index (χ0) is 36.0. The number of carbonyl (C=O) groups is 4. The van der Waals surface area contributed by atoms with Gasteiger partial charge in [0.25, 0.3) is 11.8 Å². The van der Waals surface area contributed by atoms with Crippen molar-refractivity contribution in [1.82, 2.24) is 19.7 Å². The van der Waals surface area contributed by atoms with Crippen molar-refractivity contribution in [3.63, 3.8) is 0 Å². The molecule has 1 aliphatic carbocycles. The van der Waals surface area contributed by atoms with Gasteiger partial charge in [-0.2, -0.15) is 0 Å². The number of rotatable bonds is 11. The van der Waals surface area contributed by atoms with E-state index in [9.17, 15) is 19.2 Å². The van der Waals surface area contributed by atoms with Crippen LogP contribution in [0.3, 0.4) is 0 Å². The number of fused-ring (bicyclic) bond motifs is 4. The van der Waals surface area contributed by atoms with Crippen LogP contribution in [0.2, 0.25) is 5.02 Å². The number of ether oxygens (including phenoxy) is 1. The average Bonchev–Trinajstić information content (AvgIpc) is 3.68. The number of benzene rings is 2. The zero-order valence-electron chi connectivity index (χ0n) is 28.8. The first kappa shape index (κ1) is 34.7. The third-order valence-corrected chi connectivity index (χ3v) is 11.4. The number of ketones is 2. The Hall–Kier alpha value is -4.74. The number of nitrogens with zero attached hydrogens (tertiary/aromatic N) is 5. The highest BCUT2D eigenvalue weighted by atomic mass is 35.5. The highest BCUT2D eigenvalue weighted by molar-refractivity contribution is 7.15. The van der Waals surface area contributed by atoms with Gasteiger partial charge >= 0.3 is 0 Å². The summed E-state index contributed by atoms with van der Waals surface area (Å²) in [6.07, 6.45) is 3.79. The van der Waals surface area contributed by atoms with Gasteiger partial charge in [-0.1, -0.05) is 42.0 Å². The number of amides is 2. The van der Waals surface area contributed by atoms with E-state index in [-0.39, 0.29) is 35.5 Å². The van der Waals surface area contributed by atoms with Gasteiger partial charge in [0.15, 0.2) is 11.6 Å². The first-order valence-electron chi connectivity index (χ1n) is 17.2. The molecule has 2 aromatic heterocycles. The molecule has 2 aliphatic heterocycles. The second-order valence-electron chi connectivity index (χ2n) is 13.4. The molecule has 0 saturated heterocycles. The molecule has 4 aromatic rings. The van der Waals surface area contributed by atoms with E-state index in [0.717, 1.165) is 50.1 Å². The van der Waals surface area contributed by atoms with E-state index < -0.39 is 23.9 Å². The third-order valence-electron chi connectivity index (χ3n) is 9.92. The summed E-state index contributed by atoms with van der Waals surface area (Å²) >= 11 is 7.90. The van der Waals surface area contributed by atoms with Crippen molar-refractivity contribution in [2.45, 2.75) is 84.2 Å². The molecule has 0 radical (unpaired) electrons. The lowest BCUT2D eigenvalue weighted by atomic mass is 9.89. The standard InChI is InChI=1S/C39H38ClN5O5S/c1-21-12-17-30(31(47)19-21)45-37(48)28-10-8-11-32(34(28)38(45)49)50-18-7-5-6-9-27(46)20-29-36-43-42-24(4)44(36)39-33(22(2)23(3)51-39)35(41-29)25-13-15-26(40)16-14-25/h8,10-11,13-16,29-30H,1,5-7,9,12,17-20H2,2-4H3/t29-,30?/m0/s1. The van der Waals surface area contributed by atoms with Crippen LogP contribution in [-0.4, -0.2) is 61.4 Å². The van der Waals surface area contributed by atoms with Gasteiger partial charge in [-0.15, -0.1) is 21.5 Å². The summed E-state index contributed by atoms with van der Waals surface area (Å²) in [6, 6.07) is 11.3. The van der Waals surface area contributed by atoms with Crippen molar-refractivity contribution in [2.24, 2.45) is 4.99 Å². The lowest BCUT2D eigenvalue weighted by Gasteiger charge is -2.29. The van der Waals surface area contributed by atoms with E-state index in [1.807, 2.05) is 35.8 Å². The number of carbonyl (C=O) groups excluding carboxylic acids is 4. The largest absolute Gasteiger partial charge is 0.493 e. The number of Topliss-reactive ketones (excluding diaryl/α,β-unsaturated/α-hetero) is 2. The van der Waals surface area contributed by atoms with Gasteiger partial charge in [0.05, 0.1) is 29.5 Å². The molecule has 0 bridgehead atoms. The molecule has 2 atom stereocenters. The first-order chi connectivity index (χ1) is 24.5. The monoisotopic (exact) mass is 723 g/mol. The fourth-order valence-electron chi connectivity index (χ4n) is 7.14. The summed E-state index contributed by atoms with van der Waals surface area (Å²) in [6.45, 7) is 10.3. The Labute approximate surface area is 305 Å². The molecule has 51 heavy (non-hydrogen) atoms. The maximum Gasteiger partial charge on any atom is 0.266 e. The molecule has 0 N–H and O–H groups in total. The first-order valence-corrected chi connectivity index (χ1v) is 18.4. The fraction of sp³-hybridized carbons (Fsp3) is 0.359. The number of halogens is 1. The highest BCUT2D eigenvalue weighted by Gasteiger charge is 2.45. The summed E-state index contributed by atoms with van der Waals surface area (Å²) in [7, 11) is 0. The van der Waals surface area contributed by atoms with Crippen LogP contribution < -0.4 is 4.74 Å². The summed E-state index contributed by atoms with van der Waals surface area (Å²) in [5.41, 5.74) is 5.18. The van der Waals surface area contributed by atoms with E-state index in [1.165, 1.54) is 4.88 Å². The van der Waals surface area contributed by atoms with Crippen LogP contribution in [0.15, 0.2) is 59.6 Å². The summed E-state index contributed by atoms with van der Waals surface area (Å²) in [4.78, 5) is 60.2. The predicted octanol–water partition coefficient (Wildman–Crippen LogP) is 7.67. The minimum atomic E-state index is -0.775. The predicted molar refractivity (Wildman–Crippen MR) is 196 cm³/mol. The van der Waals surface area contributed by atoms with Crippen LogP contribution in [0.5, 0.6) is 5.75 Å². The van der Waals surface area contributed by atoms with Crippen molar-refractivity contribution in [1.29, 1.82) is 0 Å². The van der Waals surface area contributed by atoms with Gasteiger partial charge in [0, 0.05) is 40.3 Å². The fourth-order valence-corrected chi connectivity index (χ4v) is 8.48. The van der Waals surface area contributed by atoms with Crippen molar-refractivity contribution in [2.75, 3.05) is 6.61 Å². The van der Waals surface area contributed by atoms with Crippen LogP contribution in [0.1, 0.15) is 111 Å². The third kappa shape index (κ3) is 6.49. The number of aliphatic imine (C=N–C) groups is 1. The maximum absolute atomic E-state index is 13.4. The number of imide groups is 1. The number of aromatic nitrogens is 3. The van der Waals surface area contributed by atoms with Crippen LogP contribution in [0.25, 0.3) is 5.00 Å². The van der Waals surface area contributed by atoms with Crippen LogP contribution in [-0.2, 0) is 9.59 Å². The number of thiophene rings is 1. The van der Waals surface area contributed by atoms with Gasteiger partial charge in [-0.3, -0.25) is 33.6 Å². The summed E-state index contributed by atoms with van der Waals surface area (Å²) in [5, 5.41) is 10.5. The Kier molecular flexibility index (Phi) is 9.60. The average molecular weight is 724 g/mol. The molecular weight excluding hydrogens is 686 g/mol. The number of hydrogen-bond donors (Lipinski definition) is 0. The molecule has 10 nitrogen and oxygen atoms in total. The molecular formula is C39H38ClN5O5S. The van der Waals surface area contributed by atoms with E-state index in [1.54, 1.807) is 29.5 Å². The molecule has 1 fully saturated rings. The van der Waals surface area contributed by atoms with Crippen LogP contribution in [0, 0.1) is 20.8 Å². The Morgan fingerprint density at radius 2 is 1.78 bits per heavy atom. The van der Waals surface area contributed by atoms with Gasteiger partial charge in [0.2, 0.25) is 0 Å². The number of unbranched alkanes of at least 4 members (excludes halogenated alkanes) is 2. The quantitative estimate of drug-likeness (QED) is 0.0884. The number of allylic oxidation sites excluding steroid dienone is 1. The Balaban J connectivity index is 0.983. The second-order valence-corrected chi connectivity index (χ2v) is 15.1. The Morgan fingerprint density at radius 1 is 1.00 bits per heavy atom. The molecule has 1 saturated carbocycles. The molecule has 262 valence electrons. The molecule has 3 aliphatic rings.